The molecule has 2 aromatic carbocycles. The summed E-state index contributed by atoms with van der Waals surface area (Å²) in [5.41, 5.74) is 3.48. The maximum Gasteiger partial charge on any atom is 0.261 e. The molecule has 0 aromatic heterocycles. The molecule has 1 amide bonds. The van der Waals surface area contributed by atoms with Crippen LogP contribution in [0.2, 0.25) is 5.02 Å². The van der Waals surface area contributed by atoms with Gasteiger partial charge in [0.25, 0.3) is 5.91 Å². The average molecular weight is 332 g/mol. The number of hydrogen-bond donors (Lipinski definition) is 1. The Hall–Kier alpha value is -2.00. The molecule has 2 aromatic rings. The summed E-state index contributed by atoms with van der Waals surface area (Å²) in [6.07, 6.45) is -0.622. The zero-order chi connectivity index (χ0) is 17.0. The molecule has 23 heavy (non-hydrogen) atoms. The van der Waals surface area contributed by atoms with Crippen molar-refractivity contribution >= 4 is 17.5 Å². The quantitative estimate of drug-likeness (QED) is 0.869. The van der Waals surface area contributed by atoms with Gasteiger partial charge in [-0.3, -0.25) is 4.79 Å². The van der Waals surface area contributed by atoms with Gasteiger partial charge >= 0.3 is 0 Å². The SMILES string of the molecule is Cc1ccc([C@H](C)NC(=O)[C@H](C)Oc2ccccc2Cl)c(C)c1. The lowest BCUT2D eigenvalue weighted by atomic mass is 10.0. The molecular formula is C19H22ClNO2. The van der Waals surface area contributed by atoms with Gasteiger partial charge in [0, 0.05) is 0 Å². The van der Waals surface area contributed by atoms with Crippen LogP contribution >= 0.6 is 11.6 Å². The predicted molar refractivity (Wildman–Crippen MR) is 94.0 cm³/mol. The van der Waals surface area contributed by atoms with Crippen LogP contribution in [0.3, 0.4) is 0 Å². The van der Waals surface area contributed by atoms with E-state index >= 15 is 0 Å². The molecule has 0 radical (unpaired) electrons. The standard InChI is InChI=1S/C19H22ClNO2/c1-12-9-10-16(13(2)11-12)14(3)21-19(22)15(4)23-18-8-6-5-7-17(18)20/h5-11,14-15H,1-4H3,(H,21,22)/t14-,15-/m0/s1. The van der Waals surface area contributed by atoms with E-state index in [4.69, 9.17) is 16.3 Å². The molecular weight excluding hydrogens is 310 g/mol. The van der Waals surface area contributed by atoms with Gasteiger partial charge in [-0.2, -0.15) is 0 Å². The van der Waals surface area contributed by atoms with Gasteiger partial charge in [0.1, 0.15) is 5.75 Å². The average Bonchev–Trinajstić information content (AvgIpc) is 2.49. The van der Waals surface area contributed by atoms with Crippen molar-refractivity contribution in [2.45, 2.75) is 39.8 Å². The van der Waals surface area contributed by atoms with E-state index in [1.807, 2.05) is 19.1 Å². The first kappa shape index (κ1) is 17.4. The van der Waals surface area contributed by atoms with Crippen LogP contribution in [-0.2, 0) is 4.79 Å². The van der Waals surface area contributed by atoms with Crippen LogP contribution < -0.4 is 10.1 Å². The number of aryl methyl sites for hydroxylation is 2. The number of carbonyl (C=O) groups excluding carboxylic acids is 1. The van der Waals surface area contributed by atoms with Gasteiger partial charge in [0.05, 0.1) is 11.1 Å². The number of rotatable bonds is 5. The van der Waals surface area contributed by atoms with E-state index in [2.05, 4.69) is 37.4 Å². The van der Waals surface area contributed by atoms with E-state index in [1.54, 1.807) is 19.1 Å². The summed E-state index contributed by atoms with van der Waals surface area (Å²) in [6, 6.07) is 13.3. The second-order valence-corrected chi connectivity index (χ2v) is 6.19. The van der Waals surface area contributed by atoms with Crippen LogP contribution in [0.4, 0.5) is 0 Å². The van der Waals surface area contributed by atoms with E-state index < -0.39 is 6.10 Å². The van der Waals surface area contributed by atoms with Gasteiger partial charge in [-0.05, 0) is 51.0 Å². The van der Waals surface area contributed by atoms with E-state index in [9.17, 15) is 4.79 Å². The fourth-order valence-corrected chi connectivity index (χ4v) is 2.68. The molecule has 4 heteroatoms. The van der Waals surface area contributed by atoms with Crippen LogP contribution in [0.15, 0.2) is 42.5 Å². The highest BCUT2D eigenvalue weighted by Gasteiger charge is 2.19. The smallest absolute Gasteiger partial charge is 0.261 e. The Kier molecular flexibility index (Phi) is 5.67. The lowest BCUT2D eigenvalue weighted by Gasteiger charge is -2.21. The zero-order valence-electron chi connectivity index (χ0n) is 13.9. The number of amides is 1. The summed E-state index contributed by atoms with van der Waals surface area (Å²) in [5.74, 6) is 0.341. The minimum absolute atomic E-state index is 0.0830. The first-order valence-electron chi connectivity index (χ1n) is 7.67. The second kappa shape index (κ2) is 7.51. The Balaban J connectivity index is 2.01. The molecule has 0 bridgehead atoms. The molecule has 1 N–H and O–H groups in total. The highest BCUT2D eigenvalue weighted by Crippen LogP contribution is 2.24. The molecule has 122 valence electrons. The van der Waals surface area contributed by atoms with Crippen LogP contribution in [0, 0.1) is 13.8 Å². The second-order valence-electron chi connectivity index (χ2n) is 5.78. The van der Waals surface area contributed by atoms with E-state index in [0.717, 1.165) is 11.1 Å². The monoisotopic (exact) mass is 331 g/mol. The summed E-state index contributed by atoms with van der Waals surface area (Å²) in [5, 5.41) is 3.48. The van der Waals surface area contributed by atoms with Gasteiger partial charge in [-0.25, -0.2) is 0 Å². The third-order valence-corrected chi connectivity index (χ3v) is 4.07. The molecule has 0 saturated carbocycles. The summed E-state index contributed by atoms with van der Waals surface area (Å²) in [6.45, 7) is 7.79. The first-order valence-corrected chi connectivity index (χ1v) is 8.05. The largest absolute Gasteiger partial charge is 0.479 e. The third kappa shape index (κ3) is 4.49. The van der Waals surface area contributed by atoms with Crippen LogP contribution in [0.1, 0.15) is 36.6 Å². The van der Waals surface area contributed by atoms with Crippen molar-refractivity contribution in [2.24, 2.45) is 0 Å². The molecule has 0 unspecified atom stereocenters. The molecule has 0 aliphatic carbocycles. The Bertz CT molecular complexity index is 700. The van der Waals surface area contributed by atoms with Crippen molar-refractivity contribution in [1.82, 2.24) is 5.32 Å². The van der Waals surface area contributed by atoms with Gasteiger partial charge in [0.15, 0.2) is 6.10 Å². The van der Waals surface area contributed by atoms with E-state index in [1.165, 1.54) is 5.56 Å². The molecule has 0 heterocycles. The van der Waals surface area contributed by atoms with Gasteiger partial charge in [0.2, 0.25) is 0 Å². The molecule has 0 aliphatic heterocycles. The van der Waals surface area contributed by atoms with Crippen LogP contribution in [0.5, 0.6) is 5.75 Å². The molecule has 0 fully saturated rings. The Morgan fingerprint density at radius 3 is 2.48 bits per heavy atom. The Morgan fingerprint density at radius 1 is 1.13 bits per heavy atom. The van der Waals surface area contributed by atoms with Gasteiger partial charge in [-0.1, -0.05) is 47.5 Å². The minimum atomic E-state index is -0.622. The maximum absolute atomic E-state index is 12.3. The van der Waals surface area contributed by atoms with Crippen molar-refractivity contribution < 1.29 is 9.53 Å². The number of para-hydroxylation sites is 1. The fraction of sp³-hybridized carbons (Fsp3) is 0.316. The van der Waals surface area contributed by atoms with Crippen molar-refractivity contribution in [1.29, 1.82) is 0 Å². The number of nitrogens with one attached hydrogen (secondary N) is 1. The molecule has 2 atom stereocenters. The molecule has 0 saturated heterocycles. The molecule has 3 nitrogen and oxygen atoms in total. The van der Waals surface area contributed by atoms with Crippen LogP contribution in [0.25, 0.3) is 0 Å². The predicted octanol–water partition coefficient (Wildman–Crippen LogP) is 4.60. The number of hydrogen-bond acceptors (Lipinski definition) is 2. The summed E-state index contributed by atoms with van der Waals surface area (Å²) in [4.78, 5) is 12.3. The first-order chi connectivity index (χ1) is 10.9. The van der Waals surface area contributed by atoms with Crippen molar-refractivity contribution in [3.05, 3.63) is 64.2 Å². The minimum Gasteiger partial charge on any atom is -0.479 e. The molecule has 0 spiro atoms. The highest BCUT2D eigenvalue weighted by molar-refractivity contribution is 6.32. The summed E-state index contributed by atoms with van der Waals surface area (Å²) >= 11 is 6.05. The Labute approximate surface area is 142 Å². The number of benzene rings is 2. The summed E-state index contributed by atoms with van der Waals surface area (Å²) in [7, 11) is 0. The van der Waals surface area contributed by atoms with Crippen molar-refractivity contribution in [3.63, 3.8) is 0 Å². The zero-order valence-corrected chi connectivity index (χ0v) is 14.6. The fourth-order valence-electron chi connectivity index (χ4n) is 2.50. The van der Waals surface area contributed by atoms with Crippen LogP contribution in [-0.4, -0.2) is 12.0 Å². The third-order valence-electron chi connectivity index (χ3n) is 3.76. The molecule has 0 aliphatic rings. The summed E-state index contributed by atoms with van der Waals surface area (Å²) < 4.78 is 5.65. The van der Waals surface area contributed by atoms with E-state index in [0.29, 0.717) is 10.8 Å². The maximum atomic E-state index is 12.3. The van der Waals surface area contributed by atoms with Crippen molar-refractivity contribution in [3.8, 4) is 5.75 Å². The number of halogens is 1. The van der Waals surface area contributed by atoms with Gasteiger partial charge < -0.3 is 10.1 Å². The normalized spacial score (nSPS) is 13.3. The molecule has 2 rings (SSSR count). The highest BCUT2D eigenvalue weighted by atomic mass is 35.5. The van der Waals surface area contributed by atoms with Gasteiger partial charge in [-0.15, -0.1) is 0 Å². The van der Waals surface area contributed by atoms with E-state index in [-0.39, 0.29) is 11.9 Å². The number of carbonyl (C=O) groups is 1. The topological polar surface area (TPSA) is 38.3 Å². The Morgan fingerprint density at radius 2 is 1.83 bits per heavy atom. The number of ether oxygens (including phenoxy) is 1. The lowest BCUT2D eigenvalue weighted by Crippen LogP contribution is -2.38. The lowest BCUT2D eigenvalue weighted by molar-refractivity contribution is -0.127. The van der Waals surface area contributed by atoms with Crippen molar-refractivity contribution in [2.75, 3.05) is 0 Å².